The Labute approximate surface area is 163 Å². The molecule has 0 atom stereocenters. The van der Waals surface area contributed by atoms with Crippen LogP contribution in [0, 0.1) is 5.92 Å². The summed E-state index contributed by atoms with van der Waals surface area (Å²) < 4.78 is 1.69. The van der Waals surface area contributed by atoms with Crippen LogP contribution in [0.2, 0.25) is 0 Å². The zero-order valence-corrected chi connectivity index (χ0v) is 16.3. The van der Waals surface area contributed by atoms with Crippen LogP contribution in [0.5, 0.6) is 0 Å². The minimum Gasteiger partial charge on any atom is -0.298 e. The average molecular weight is 384 g/mol. The third-order valence-corrected chi connectivity index (χ3v) is 6.98. The number of aromatic nitrogens is 4. The van der Waals surface area contributed by atoms with Crippen molar-refractivity contribution < 1.29 is 0 Å². The fraction of sp³-hybridized carbons (Fsp3) is 0.600. The Morgan fingerprint density at radius 1 is 1.19 bits per heavy atom. The highest BCUT2D eigenvalue weighted by Crippen LogP contribution is 2.34. The standard InChI is InChI=1S/C20H25N5OS/c26-19-6-17-13-27-5-4-18(17)23-25(19)12-15-10-24(11-15)9-14-7-21-20(22-8-14)16-2-1-3-16/h6-8,15-16H,1-5,9-13H2. The van der Waals surface area contributed by atoms with Gasteiger partial charge >= 0.3 is 0 Å². The molecule has 7 heteroatoms. The fourth-order valence-electron chi connectivity index (χ4n) is 4.13. The molecule has 0 spiro atoms. The molecule has 4 heterocycles. The summed E-state index contributed by atoms with van der Waals surface area (Å²) in [6.45, 7) is 3.63. The Kier molecular flexibility index (Phi) is 4.73. The van der Waals surface area contributed by atoms with E-state index in [1.54, 1.807) is 10.7 Å². The first-order valence-electron chi connectivity index (χ1n) is 9.95. The number of fused-ring (bicyclic) bond motifs is 1. The van der Waals surface area contributed by atoms with Gasteiger partial charge in [-0.05, 0) is 24.2 Å². The van der Waals surface area contributed by atoms with E-state index in [1.165, 1.54) is 24.8 Å². The summed E-state index contributed by atoms with van der Waals surface area (Å²) >= 11 is 1.88. The van der Waals surface area contributed by atoms with Crippen molar-refractivity contribution in [1.29, 1.82) is 0 Å². The maximum atomic E-state index is 12.3. The van der Waals surface area contributed by atoms with E-state index >= 15 is 0 Å². The first-order chi connectivity index (χ1) is 13.2. The summed E-state index contributed by atoms with van der Waals surface area (Å²) in [4.78, 5) is 23.8. The van der Waals surface area contributed by atoms with Crippen molar-refractivity contribution in [3.05, 3.63) is 51.5 Å². The van der Waals surface area contributed by atoms with Gasteiger partial charge in [0.25, 0.3) is 5.56 Å². The van der Waals surface area contributed by atoms with Crippen molar-refractivity contribution in [2.24, 2.45) is 5.92 Å². The molecule has 5 rings (SSSR count). The molecule has 0 N–H and O–H groups in total. The summed E-state index contributed by atoms with van der Waals surface area (Å²) in [6.07, 6.45) is 8.74. The molecule has 1 saturated heterocycles. The molecule has 3 aliphatic rings. The van der Waals surface area contributed by atoms with Crippen LogP contribution < -0.4 is 5.56 Å². The lowest BCUT2D eigenvalue weighted by Gasteiger charge is -2.39. The molecule has 2 aromatic heterocycles. The molecule has 0 bridgehead atoms. The average Bonchev–Trinajstić information content (AvgIpc) is 2.60. The van der Waals surface area contributed by atoms with E-state index < -0.39 is 0 Å². The van der Waals surface area contributed by atoms with Crippen molar-refractivity contribution in [3.63, 3.8) is 0 Å². The van der Waals surface area contributed by atoms with Gasteiger partial charge in [-0.1, -0.05) is 6.42 Å². The number of likely N-dealkylation sites (tertiary alicyclic amines) is 1. The van der Waals surface area contributed by atoms with Gasteiger partial charge in [-0.25, -0.2) is 14.6 Å². The summed E-state index contributed by atoms with van der Waals surface area (Å²) in [7, 11) is 0. The molecule has 2 aromatic rings. The second-order valence-corrected chi connectivity index (χ2v) is 9.18. The third kappa shape index (κ3) is 3.67. The second kappa shape index (κ2) is 7.36. The van der Waals surface area contributed by atoms with Crippen LogP contribution in [0.1, 0.15) is 47.8 Å². The molecule has 6 nitrogen and oxygen atoms in total. The van der Waals surface area contributed by atoms with Crippen LogP contribution >= 0.6 is 11.8 Å². The summed E-state index contributed by atoms with van der Waals surface area (Å²) in [5.74, 6) is 4.14. The normalized spacial score (nSPS) is 20.7. The van der Waals surface area contributed by atoms with Crippen LogP contribution in [0.25, 0.3) is 0 Å². The second-order valence-electron chi connectivity index (χ2n) is 8.08. The van der Waals surface area contributed by atoms with E-state index in [2.05, 4.69) is 20.0 Å². The van der Waals surface area contributed by atoms with Gasteiger partial charge in [-0.15, -0.1) is 0 Å². The largest absolute Gasteiger partial charge is 0.298 e. The number of aryl methyl sites for hydroxylation is 1. The monoisotopic (exact) mass is 383 g/mol. The molecule has 2 aliphatic heterocycles. The SMILES string of the molecule is O=c1cc2c(nn1CC1CN(Cc3cnc(C4CCC4)nc3)C1)CCSC2. The quantitative estimate of drug-likeness (QED) is 0.789. The molecule has 1 aliphatic carbocycles. The van der Waals surface area contributed by atoms with E-state index in [4.69, 9.17) is 0 Å². The number of nitrogens with zero attached hydrogens (tertiary/aromatic N) is 5. The predicted octanol–water partition coefficient (Wildman–Crippen LogP) is 2.22. The Hall–Kier alpha value is -1.73. The fourth-order valence-corrected chi connectivity index (χ4v) is 5.08. The van der Waals surface area contributed by atoms with Crippen LogP contribution in [-0.2, 0) is 25.3 Å². The van der Waals surface area contributed by atoms with Gasteiger partial charge < -0.3 is 0 Å². The van der Waals surface area contributed by atoms with Crippen molar-refractivity contribution in [1.82, 2.24) is 24.6 Å². The molecule has 0 amide bonds. The molecule has 0 unspecified atom stereocenters. The topological polar surface area (TPSA) is 63.9 Å². The Morgan fingerprint density at radius 2 is 2.00 bits per heavy atom. The zero-order chi connectivity index (χ0) is 18.2. The third-order valence-electron chi connectivity index (χ3n) is 5.97. The highest BCUT2D eigenvalue weighted by atomic mass is 32.2. The van der Waals surface area contributed by atoms with Crippen LogP contribution in [0.15, 0.2) is 23.3 Å². The van der Waals surface area contributed by atoms with Gasteiger partial charge in [0.1, 0.15) is 5.82 Å². The summed E-state index contributed by atoms with van der Waals surface area (Å²) in [5, 5.41) is 4.64. The number of rotatable bonds is 5. The van der Waals surface area contributed by atoms with Gasteiger partial charge in [-0.2, -0.15) is 16.9 Å². The van der Waals surface area contributed by atoms with Crippen molar-refractivity contribution in [3.8, 4) is 0 Å². The van der Waals surface area contributed by atoms with Gasteiger partial charge in [0.15, 0.2) is 0 Å². The highest BCUT2D eigenvalue weighted by molar-refractivity contribution is 7.98. The maximum absolute atomic E-state index is 12.3. The van der Waals surface area contributed by atoms with Gasteiger partial charge in [-0.3, -0.25) is 9.69 Å². The Bertz CT molecular complexity index is 871. The first-order valence-corrected chi connectivity index (χ1v) is 11.1. The predicted molar refractivity (Wildman–Crippen MR) is 106 cm³/mol. The van der Waals surface area contributed by atoms with Crippen molar-refractivity contribution in [2.45, 2.75) is 50.4 Å². The number of hydrogen-bond acceptors (Lipinski definition) is 6. The minimum atomic E-state index is 0.0506. The lowest BCUT2D eigenvalue weighted by molar-refractivity contribution is 0.0762. The molecule has 0 radical (unpaired) electrons. The van der Waals surface area contributed by atoms with Gasteiger partial charge in [0.05, 0.1) is 12.2 Å². The lowest BCUT2D eigenvalue weighted by Crippen LogP contribution is -2.49. The lowest BCUT2D eigenvalue weighted by atomic mass is 9.85. The van der Waals surface area contributed by atoms with Crippen molar-refractivity contribution >= 4 is 11.8 Å². The van der Waals surface area contributed by atoms with Crippen molar-refractivity contribution in [2.75, 3.05) is 18.8 Å². The zero-order valence-electron chi connectivity index (χ0n) is 15.5. The van der Waals surface area contributed by atoms with E-state index in [1.807, 2.05) is 24.2 Å². The Balaban J connectivity index is 1.15. The minimum absolute atomic E-state index is 0.0506. The number of thioether (sulfide) groups is 1. The van der Waals surface area contributed by atoms with Gasteiger partial charge in [0, 0.05) is 67.7 Å². The van der Waals surface area contributed by atoms with E-state index in [-0.39, 0.29) is 5.56 Å². The molecule has 27 heavy (non-hydrogen) atoms. The van der Waals surface area contributed by atoms with Crippen LogP contribution in [-0.4, -0.2) is 43.5 Å². The number of hydrogen-bond donors (Lipinski definition) is 0. The van der Waals surface area contributed by atoms with E-state index in [0.29, 0.717) is 11.8 Å². The van der Waals surface area contributed by atoms with E-state index in [9.17, 15) is 4.79 Å². The van der Waals surface area contributed by atoms with E-state index in [0.717, 1.165) is 61.2 Å². The first kappa shape index (κ1) is 17.4. The van der Waals surface area contributed by atoms with Crippen LogP contribution in [0.3, 0.4) is 0 Å². The van der Waals surface area contributed by atoms with Crippen LogP contribution in [0.4, 0.5) is 0 Å². The Morgan fingerprint density at radius 3 is 2.74 bits per heavy atom. The maximum Gasteiger partial charge on any atom is 0.267 e. The smallest absolute Gasteiger partial charge is 0.267 e. The molecular formula is C20H25N5OS. The molecule has 142 valence electrons. The molecule has 1 saturated carbocycles. The molecular weight excluding hydrogens is 358 g/mol. The summed E-state index contributed by atoms with van der Waals surface area (Å²) in [6, 6.07) is 1.80. The summed E-state index contributed by atoms with van der Waals surface area (Å²) in [5.41, 5.74) is 3.48. The molecule has 2 fully saturated rings. The van der Waals surface area contributed by atoms with Gasteiger partial charge in [0.2, 0.25) is 0 Å². The highest BCUT2D eigenvalue weighted by Gasteiger charge is 2.28. The molecule has 0 aromatic carbocycles.